The third kappa shape index (κ3) is 3.35. The first-order valence-corrected chi connectivity index (χ1v) is 10.6. The van der Waals surface area contributed by atoms with Crippen LogP contribution in [-0.4, -0.2) is 43.0 Å². The molecular formula is C22H23F2N7O. The van der Waals surface area contributed by atoms with Crippen molar-refractivity contribution in [3.05, 3.63) is 42.4 Å². The third-order valence-electron chi connectivity index (χ3n) is 5.99. The number of primary amides is 1. The lowest BCUT2D eigenvalue weighted by molar-refractivity contribution is 0.0998. The maximum atomic E-state index is 13.7. The molecule has 6 rings (SSSR count). The fourth-order valence-corrected chi connectivity index (χ4v) is 3.73. The van der Waals surface area contributed by atoms with Gasteiger partial charge in [0.2, 0.25) is 0 Å². The van der Waals surface area contributed by atoms with Gasteiger partial charge in [-0.3, -0.25) is 4.79 Å². The van der Waals surface area contributed by atoms with Crippen molar-refractivity contribution in [2.75, 3.05) is 12.4 Å². The van der Waals surface area contributed by atoms with Crippen LogP contribution in [0.1, 0.15) is 48.5 Å². The predicted octanol–water partition coefficient (Wildman–Crippen LogP) is 4.03. The van der Waals surface area contributed by atoms with Gasteiger partial charge in [0.05, 0.1) is 11.9 Å². The van der Waals surface area contributed by atoms with Gasteiger partial charge < -0.3 is 15.6 Å². The number of pyridine rings is 1. The van der Waals surface area contributed by atoms with E-state index in [4.69, 9.17) is 5.73 Å². The fraction of sp³-hybridized carbons (Fsp3) is 0.364. The van der Waals surface area contributed by atoms with E-state index in [-0.39, 0.29) is 17.6 Å². The van der Waals surface area contributed by atoms with Gasteiger partial charge in [-0.2, -0.15) is 9.61 Å². The summed E-state index contributed by atoms with van der Waals surface area (Å²) in [6.07, 6.45) is 10.4. The molecule has 4 heterocycles. The number of nitrogens with two attached hydrogens (primary N) is 1. The zero-order chi connectivity index (χ0) is 22.5. The standard InChI is InChI=1S/C18H15F2N7O.C4H8/c1-22-14-5-12(25-17-10(15(21)28)7-24-27(14)17)11-8-26(13-6-18(13,19)20)16-9(11)3-2-4-23-16;1-2-4-3-1/h2-5,7-8,13,22H,6H2,1H3,(H2,21,28);1-4H2. The van der Waals surface area contributed by atoms with E-state index in [9.17, 15) is 13.6 Å². The highest BCUT2D eigenvalue weighted by atomic mass is 19.3. The Hall–Kier alpha value is -3.56. The summed E-state index contributed by atoms with van der Waals surface area (Å²) in [5.74, 6) is -2.81. The van der Waals surface area contributed by atoms with E-state index in [1.807, 2.05) is 6.07 Å². The molecule has 0 aliphatic heterocycles. The highest BCUT2D eigenvalue weighted by Crippen LogP contribution is 2.54. The first kappa shape index (κ1) is 20.3. The van der Waals surface area contributed by atoms with E-state index in [0.29, 0.717) is 28.1 Å². The average Bonchev–Trinajstić information content (AvgIpc) is 3.08. The number of nitrogens with zero attached hydrogens (tertiary/aromatic N) is 5. The number of amides is 1. The molecule has 3 N–H and O–H groups in total. The highest BCUT2D eigenvalue weighted by Gasteiger charge is 2.58. The van der Waals surface area contributed by atoms with Gasteiger partial charge in [0.15, 0.2) is 5.65 Å². The average molecular weight is 439 g/mol. The third-order valence-corrected chi connectivity index (χ3v) is 5.99. The maximum absolute atomic E-state index is 13.7. The minimum absolute atomic E-state index is 0.175. The van der Waals surface area contributed by atoms with Gasteiger partial charge in [-0.15, -0.1) is 0 Å². The number of anilines is 1. The molecule has 2 fully saturated rings. The molecule has 0 saturated heterocycles. The number of rotatable bonds is 4. The quantitative estimate of drug-likeness (QED) is 0.500. The number of carbonyl (C=O) groups is 1. The number of hydrogen-bond donors (Lipinski definition) is 2. The number of aromatic nitrogens is 5. The second-order valence-electron chi connectivity index (χ2n) is 8.15. The minimum atomic E-state index is -2.74. The fourth-order valence-electron chi connectivity index (χ4n) is 3.73. The molecule has 32 heavy (non-hydrogen) atoms. The summed E-state index contributed by atoms with van der Waals surface area (Å²) in [4.78, 5) is 20.6. The Morgan fingerprint density at radius 1 is 1.25 bits per heavy atom. The lowest BCUT2D eigenvalue weighted by Gasteiger charge is -2.07. The van der Waals surface area contributed by atoms with Crippen LogP contribution in [0, 0.1) is 0 Å². The van der Waals surface area contributed by atoms with Crippen LogP contribution >= 0.6 is 0 Å². The topological polar surface area (TPSA) is 103 Å². The van der Waals surface area contributed by atoms with Gasteiger partial charge >= 0.3 is 0 Å². The molecule has 2 aliphatic rings. The van der Waals surface area contributed by atoms with Crippen molar-refractivity contribution in [2.45, 2.75) is 44.1 Å². The van der Waals surface area contributed by atoms with Gasteiger partial charge in [0, 0.05) is 42.9 Å². The lowest BCUT2D eigenvalue weighted by atomic mass is 10.0. The summed E-state index contributed by atoms with van der Waals surface area (Å²) in [6.45, 7) is 0. The molecule has 0 bridgehead atoms. The first-order valence-electron chi connectivity index (χ1n) is 10.6. The molecule has 10 heteroatoms. The van der Waals surface area contributed by atoms with Gasteiger partial charge in [-0.25, -0.2) is 18.7 Å². The van der Waals surface area contributed by atoms with Crippen molar-refractivity contribution in [2.24, 2.45) is 5.73 Å². The summed E-state index contributed by atoms with van der Waals surface area (Å²) >= 11 is 0. The Kier molecular flexibility index (Phi) is 4.79. The van der Waals surface area contributed by atoms with Crippen molar-refractivity contribution in [1.29, 1.82) is 0 Å². The molecule has 0 radical (unpaired) electrons. The van der Waals surface area contributed by atoms with Crippen LogP contribution in [0.5, 0.6) is 0 Å². The Bertz CT molecular complexity index is 1320. The highest BCUT2D eigenvalue weighted by molar-refractivity contribution is 6.00. The summed E-state index contributed by atoms with van der Waals surface area (Å²) < 4.78 is 30.4. The van der Waals surface area contributed by atoms with Crippen molar-refractivity contribution >= 4 is 28.4 Å². The predicted molar refractivity (Wildman–Crippen MR) is 117 cm³/mol. The monoisotopic (exact) mass is 439 g/mol. The second kappa shape index (κ2) is 7.54. The largest absolute Gasteiger partial charge is 0.373 e. The molecule has 166 valence electrons. The molecule has 2 aliphatic carbocycles. The Morgan fingerprint density at radius 2 is 1.97 bits per heavy atom. The van der Waals surface area contributed by atoms with Crippen molar-refractivity contribution in [3.63, 3.8) is 0 Å². The second-order valence-corrected chi connectivity index (χ2v) is 8.15. The van der Waals surface area contributed by atoms with E-state index < -0.39 is 17.9 Å². The molecule has 1 amide bonds. The van der Waals surface area contributed by atoms with Crippen molar-refractivity contribution in [3.8, 4) is 11.3 Å². The van der Waals surface area contributed by atoms with E-state index in [1.54, 1.807) is 31.6 Å². The normalized spacial score (nSPS) is 18.7. The smallest absolute Gasteiger partial charge is 0.270 e. The SMILES string of the molecule is C1CCC1.CNc1cc(-c2cn(C3CC3(F)F)c3ncccc23)nc2c(C(N)=O)cnn12. The summed E-state index contributed by atoms with van der Waals surface area (Å²) in [7, 11) is 1.71. The van der Waals surface area contributed by atoms with Crippen LogP contribution in [0.25, 0.3) is 27.9 Å². The molecule has 0 spiro atoms. The first-order chi connectivity index (χ1) is 15.4. The lowest BCUT2D eigenvalue weighted by Crippen LogP contribution is -2.11. The number of halogens is 2. The van der Waals surface area contributed by atoms with Gasteiger partial charge in [0.25, 0.3) is 11.8 Å². The maximum Gasteiger partial charge on any atom is 0.270 e. The summed E-state index contributed by atoms with van der Waals surface area (Å²) in [6, 6.07) is 4.38. The van der Waals surface area contributed by atoms with Crippen LogP contribution in [0.3, 0.4) is 0 Å². The number of nitrogens with one attached hydrogen (secondary N) is 1. The molecule has 2 saturated carbocycles. The molecular weight excluding hydrogens is 416 g/mol. The van der Waals surface area contributed by atoms with Crippen LogP contribution in [0.15, 0.2) is 36.8 Å². The zero-order valence-electron chi connectivity index (χ0n) is 17.6. The van der Waals surface area contributed by atoms with Crippen molar-refractivity contribution in [1.82, 2.24) is 24.1 Å². The van der Waals surface area contributed by atoms with E-state index in [0.717, 1.165) is 0 Å². The van der Waals surface area contributed by atoms with Crippen LogP contribution in [0.2, 0.25) is 0 Å². The van der Waals surface area contributed by atoms with Gasteiger partial charge in [-0.05, 0) is 12.1 Å². The number of alkyl halides is 2. The molecule has 4 aromatic rings. The van der Waals surface area contributed by atoms with E-state index in [1.165, 1.54) is 41.0 Å². The van der Waals surface area contributed by atoms with Gasteiger partial charge in [-0.1, -0.05) is 25.7 Å². The van der Waals surface area contributed by atoms with Crippen LogP contribution in [-0.2, 0) is 0 Å². The molecule has 1 atom stereocenters. The summed E-state index contributed by atoms with van der Waals surface area (Å²) in [5, 5.41) is 7.84. The number of hydrogen-bond acceptors (Lipinski definition) is 5. The van der Waals surface area contributed by atoms with Crippen LogP contribution in [0.4, 0.5) is 14.6 Å². The molecule has 0 aromatic carbocycles. The van der Waals surface area contributed by atoms with E-state index >= 15 is 0 Å². The molecule has 1 unspecified atom stereocenters. The van der Waals surface area contributed by atoms with Crippen LogP contribution < -0.4 is 11.1 Å². The Labute approximate surface area is 182 Å². The molecule has 4 aromatic heterocycles. The summed E-state index contributed by atoms with van der Waals surface area (Å²) in [5.41, 5.74) is 7.50. The van der Waals surface area contributed by atoms with Gasteiger partial charge in [0.1, 0.15) is 23.1 Å². The van der Waals surface area contributed by atoms with E-state index in [2.05, 4.69) is 20.4 Å². The Morgan fingerprint density at radius 3 is 2.56 bits per heavy atom. The minimum Gasteiger partial charge on any atom is -0.373 e. The zero-order valence-corrected chi connectivity index (χ0v) is 17.6. The molecule has 8 nitrogen and oxygen atoms in total. The number of fused-ring (bicyclic) bond motifs is 2. The Balaban J connectivity index is 0.000000489. The van der Waals surface area contributed by atoms with Crippen molar-refractivity contribution < 1.29 is 13.6 Å². The number of carbonyl (C=O) groups excluding carboxylic acids is 1.